The van der Waals surface area contributed by atoms with Gasteiger partial charge in [0.15, 0.2) is 5.78 Å². The second-order valence-electron chi connectivity index (χ2n) is 7.07. The summed E-state index contributed by atoms with van der Waals surface area (Å²) in [6.45, 7) is 7.20. The molecule has 0 N–H and O–H groups in total. The van der Waals surface area contributed by atoms with Crippen molar-refractivity contribution in [2.45, 2.75) is 71.8 Å². The van der Waals surface area contributed by atoms with Crippen LogP contribution in [0.15, 0.2) is 11.6 Å². The van der Waals surface area contributed by atoms with Gasteiger partial charge in [0.25, 0.3) is 0 Å². The van der Waals surface area contributed by atoms with E-state index in [4.69, 9.17) is 4.74 Å². The van der Waals surface area contributed by atoms with Crippen LogP contribution in [0, 0.1) is 17.8 Å². The van der Waals surface area contributed by atoms with E-state index in [0.29, 0.717) is 24.5 Å². The van der Waals surface area contributed by atoms with E-state index in [1.54, 1.807) is 0 Å². The van der Waals surface area contributed by atoms with E-state index in [9.17, 15) is 4.79 Å². The van der Waals surface area contributed by atoms with E-state index < -0.39 is 0 Å². The summed E-state index contributed by atoms with van der Waals surface area (Å²) in [5.74, 6) is 2.29. The predicted octanol–water partition coefficient (Wildman–Crippen LogP) is 4.53. The molecule has 114 valence electrons. The topological polar surface area (TPSA) is 26.3 Å². The number of rotatable bonds is 5. The van der Waals surface area contributed by atoms with Crippen LogP contribution in [0.4, 0.5) is 0 Å². The third kappa shape index (κ3) is 4.18. The Balaban J connectivity index is 1.85. The molecule has 0 spiro atoms. The molecule has 2 aliphatic rings. The molecule has 0 saturated heterocycles. The molecule has 0 aromatic rings. The van der Waals surface area contributed by atoms with Crippen molar-refractivity contribution in [2.75, 3.05) is 6.61 Å². The molecule has 2 heteroatoms. The van der Waals surface area contributed by atoms with Crippen molar-refractivity contribution in [1.29, 1.82) is 0 Å². The van der Waals surface area contributed by atoms with Gasteiger partial charge in [-0.05, 0) is 68.3 Å². The van der Waals surface area contributed by atoms with Crippen LogP contribution in [0.1, 0.15) is 65.7 Å². The normalized spacial score (nSPS) is 31.2. The molecule has 1 fully saturated rings. The second kappa shape index (κ2) is 7.40. The Kier molecular flexibility index (Phi) is 5.83. The van der Waals surface area contributed by atoms with Gasteiger partial charge in [0.05, 0.1) is 6.10 Å². The summed E-state index contributed by atoms with van der Waals surface area (Å²) in [7, 11) is 0. The summed E-state index contributed by atoms with van der Waals surface area (Å²) in [5, 5.41) is 0. The maximum atomic E-state index is 12.2. The molecule has 2 aliphatic carbocycles. The molecule has 0 aliphatic heterocycles. The molecule has 0 amide bonds. The molecule has 0 aromatic heterocycles. The molecule has 0 heterocycles. The standard InChI is InChI=1S/C18H30O2/c1-13(2)16-11-14(3)9-10-18(16)20-12-17(19)15-7-5-4-6-8-15/h7,13-14,16,18H,4-6,8-12H2,1-3H3/t14-,16-,18+/m0/s1. The fourth-order valence-corrected chi connectivity index (χ4v) is 3.67. The van der Waals surface area contributed by atoms with Crippen LogP contribution in [0.25, 0.3) is 0 Å². The van der Waals surface area contributed by atoms with Gasteiger partial charge in [0.2, 0.25) is 0 Å². The molecule has 0 radical (unpaired) electrons. The van der Waals surface area contributed by atoms with Gasteiger partial charge < -0.3 is 4.74 Å². The molecule has 0 aromatic carbocycles. The number of carbonyl (C=O) groups is 1. The monoisotopic (exact) mass is 278 g/mol. The lowest BCUT2D eigenvalue weighted by molar-refractivity contribution is -0.125. The highest BCUT2D eigenvalue weighted by Gasteiger charge is 2.31. The number of Topliss-reactive ketones (excluding diaryl/α,β-unsaturated/α-hetero) is 1. The SMILES string of the molecule is CC(C)[C@@H]1C[C@@H](C)CC[C@H]1OCC(=O)C1=CCCCC1. The van der Waals surface area contributed by atoms with Crippen molar-refractivity contribution in [3.05, 3.63) is 11.6 Å². The van der Waals surface area contributed by atoms with Crippen LogP contribution in [-0.4, -0.2) is 18.5 Å². The van der Waals surface area contributed by atoms with E-state index in [2.05, 4.69) is 26.8 Å². The van der Waals surface area contributed by atoms with E-state index in [-0.39, 0.29) is 5.78 Å². The molecule has 3 atom stereocenters. The average molecular weight is 278 g/mol. The summed E-state index contributed by atoms with van der Waals surface area (Å²) < 4.78 is 6.03. The third-order valence-electron chi connectivity index (χ3n) is 5.03. The van der Waals surface area contributed by atoms with Gasteiger partial charge in [-0.2, -0.15) is 0 Å². The molecule has 1 saturated carbocycles. The average Bonchev–Trinajstić information content (AvgIpc) is 2.46. The van der Waals surface area contributed by atoms with Gasteiger partial charge in [-0.3, -0.25) is 4.79 Å². The Bertz CT molecular complexity index is 356. The third-order valence-corrected chi connectivity index (χ3v) is 5.03. The summed E-state index contributed by atoms with van der Waals surface area (Å²) in [6.07, 6.45) is 10.4. The Hall–Kier alpha value is -0.630. The van der Waals surface area contributed by atoms with Crippen LogP contribution in [0.5, 0.6) is 0 Å². The quantitative estimate of drug-likeness (QED) is 0.738. The first-order valence-electron chi connectivity index (χ1n) is 8.41. The zero-order valence-corrected chi connectivity index (χ0v) is 13.4. The number of hydrogen-bond acceptors (Lipinski definition) is 2. The van der Waals surface area contributed by atoms with Crippen molar-refractivity contribution in [2.24, 2.45) is 17.8 Å². The predicted molar refractivity (Wildman–Crippen MR) is 82.6 cm³/mol. The van der Waals surface area contributed by atoms with Crippen LogP contribution in [0.2, 0.25) is 0 Å². The molecular weight excluding hydrogens is 248 g/mol. The number of ketones is 1. The Morgan fingerprint density at radius 3 is 2.80 bits per heavy atom. The zero-order chi connectivity index (χ0) is 14.5. The number of carbonyl (C=O) groups excluding carboxylic acids is 1. The summed E-state index contributed by atoms with van der Waals surface area (Å²) >= 11 is 0. The van der Waals surface area contributed by atoms with E-state index in [1.807, 2.05) is 0 Å². The minimum atomic E-state index is 0.228. The van der Waals surface area contributed by atoms with Gasteiger partial charge in [0, 0.05) is 0 Å². The number of allylic oxidation sites excluding steroid dienone is 1. The number of hydrogen-bond donors (Lipinski definition) is 0. The van der Waals surface area contributed by atoms with Gasteiger partial charge in [-0.15, -0.1) is 0 Å². The molecule has 2 rings (SSSR count). The largest absolute Gasteiger partial charge is 0.370 e. The lowest BCUT2D eigenvalue weighted by Gasteiger charge is -2.37. The summed E-state index contributed by atoms with van der Waals surface area (Å²) in [4.78, 5) is 12.2. The minimum absolute atomic E-state index is 0.228. The Labute approximate surface area is 124 Å². The van der Waals surface area contributed by atoms with E-state index >= 15 is 0 Å². The van der Waals surface area contributed by atoms with Crippen molar-refractivity contribution in [3.63, 3.8) is 0 Å². The van der Waals surface area contributed by atoms with Crippen molar-refractivity contribution in [3.8, 4) is 0 Å². The van der Waals surface area contributed by atoms with Gasteiger partial charge in [0.1, 0.15) is 6.61 Å². The van der Waals surface area contributed by atoms with Crippen LogP contribution >= 0.6 is 0 Å². The first-order chi connectivity index (χ1) is 9.58. The van der Waals surface area contributed by atoms with E-state index in [0.717, 1.165) is 37.2 Å². The molecule has 2 nitrogen and oxygen atoms in total. The van der Waals surface area contributed by atoms with Gasteiger partial charge in [-0.25, -0.2) is 0 Å². The lowest BCUT2D eigenvalue weighted by Crippen LogP contribution is -2.35. The second-order valence-corrected chi connectivity index (χ2v) is 7.07. The van der Waals surface area contributed by atoms with Gasteiger partial charge >= 0.3 is 0 Å². The van der Waals surface area contributed by atoms with Crippen LogP contribution in [-0.2, 0) is 9.53 Å². The van der Waals surface area contributed by atoms with E-state index in [1.165, 1.54) is 19.3 Å². The summed E-state index contributed by atoms with van der Waals surface area (Å²) in [6, 6.07) is 0. The van der Waals surface area contributed by atoms with Crippen LogP contribution in [0.3, 0.4) is 0 Å². The molecule has 20 heavy (non-hydrogen) atoms. The molecular formula is C18H30O2. The highest BCUT2D eigenvalue weighted by Crippen LogP contribution is 2.35. The Morgan fingerprint density at radius 1 is 1.35 bits per heavy atom. The summed E-state index contributed by atoms with van der Waals surface area (Å²) in [5.41, 5.74) is 1.02. The maximum Gasteiger partial charge on any atom is 0.184 e. The maximum absolute atomic E-state index is 12.2. The fraction of sp³-hybridized carbons (Fsp3) is 0.833. The minimum Gasteiger partial charge on any atom is -0.370 e. The highest BCUT2D eigenvalue weighted by atomic mass is 16.5. The smallest absolute Gasteiger partial charge is 0.184 e. The fourth-order valence-electron chi connectivity index (χ4n) is 3.67. The van der Waals surface area contributed by atoms with Crippen molar-refractivity contribution >= 4 is 5.78 Å². The number of ether oxygens (including phenoxy) is 1. The van der Waals surface area contributed by atoms with Gasteiger partial charge in [-0.1, -0.05) is 26.8 Å². The highest BCUT2D eigenvalue weighted by molar-refractivity contribution is 5.96. The van der Waals surface area contributed by atoms with Crippen molar-refractivity contribution in [1.82, 2.24) is 0 Å². The molecule has 0 unspecified atom stereocenters. The van der Waals surface area contributed by atoms with Crippen LogP contribution < -0.4 is 0 Å². The lowest BCUT2D eigenvalue weighted by atomic mass is 9.75. The van der Waals surface area contributed by atoms with Crippen molar-refractivity contribution < 1.29 is 9.53 Å². The first-order valence-corrected chi connectivity index (χ1v) is 8.41. The molecule has 0 bridgehead atoms. The first kappa shape index (κ1) is 15.8. The Morgan fingerprint density at radius 2 is 2.15 bits per heavy atom. The zero-order valence-electron chi connectivity index (χ0n) is 13.4.